The number of anilines is 1. The summed E-state index contributed by atoms with van der Waals surface area (Å²) in [6.45, 7) is 4.94. The van der Waals surface area contributed by atoms with Crippen LogP contribution in [-0.2, 0) is 9.47 Å². The largest absolute Gasteiger partial charge is 0.382 e. The van der Waals surface area contributed by atoms with Gasteiger partial charge in [0.2, 0.25) is 0 Å². The molecule has 0 aromatic carbocycles. The Labute approximate surface area is 97.0 Å². The Hall–Kier alpha value is -1.13. The maximum absolute atomic E-state index is 5.35. The molecular formula is C12H20N2O2. The van der Waals surface area contributed by atoms with Crippen LogP contribution >= 0.6 is 0 Å². The van der Waals surface area contributed by atoms with Gasteiger partial charge in [0.15, 0.2) is 0 Å². The summed E-state index contributed by atoms with van der Waals surface area (Å²) in [6.07, 6.45) is 0.972. The molecule has 4 nitrogen and oxygen atoms in total. The molecule has 0 saturated heterocycles. The van der Waals surface area contributed by atoms with Gasteiger partial charge >= 0.3 is 0 Å². The maximum Gasteiger partial charge on any atom is 0.126 e. The van der Waals surface area contributed by atoms with Crippen molar-refractivity contribution < 1.29 is 9.47 Å². The van der Waals surface area contributed by atoms with E-state index in [1.54, 1.807) is 7.11 Å². The van der Waals surface area contributed by atoms with Gasteiger partial charge in [-0.15, -0.1) is 0 Å². The Morgan fingerprint density at radius 1 is 1.25 bits per heavy atom. The van der Waals surface area contributed by atoms with Crippen molar-refractivity contribution in [3.05, 3.63) is 23.9 Å². The van der Waals surface area contributed by atoms with Crippen molar-refractivity contribution in [1.82, 2.24) is 4.98 Å². The van der Waals surface area contributed by atoms with E-state index in [2.05, 4.69) is 10.3 Å². The van der Waals surface area contributed by atoms with E-state index in [1.807, 2.05) is 25.1 Å². The van der Waals surface area contributed by atoms with E-state index < -0.39 is 0 Å². The maximum atomic E-state index is 5.35. The van der Waals surface area contributed by atoms with Gasteiger partial charge in [0.1, 0.15) is 5.82 Å². The minimum atomic E-state index is 0.660. The average Bonchev–Trinajstić information content (AvgIpc) is 2.28. The van der Waals surface area contributed by atoms with Gasteiger partial charge in [0.25, 0.3) is 0 Å². The second-order valence-electron chi connectivity index (χ2n) is 3.55. The molecular weight excluding hydrogens is 204 g/mol. The van der Waals surface area contributed by atoms with Crippen LogP contribution in [0.15, 0.2) is 18.2 Å². The smallest absolute Gasteiger partial charge is 0.126 e. The lowest BCUT2D eigenvalue weighted by Crippen LogP contribution is -2.09. The van der Waals surface area contributed by atoms with Crippen molar-refractivity contribution >= 4 is 5.82 Å². The highest BCUT2D eigenvalue weighted by Crippen LogP contribution is 2.03. The summed E-state index contributed by atoms with van der Waals surface area (Å²) < 4.78 is 10.2. The molecule has 0 radical (unpaired) electrons. The Morgan fingerprint density at radius 2 is 2.12 bits per heavy atom. The number of methoxy groups -OCH3 is 1. The van der Waals surface area contributed by atoms with Gasteiger partial charge < -0.3 is 14.8 Å². The first kappa shape index (κ1) is 12.9. The molecule has 0 amide bonds. The van der Waals surface area contributed by atoms with E-state index in [9.17, 15) is 0 Å². The first-order chi connectivity index (χ1) is 7.83. The number of aryl methyl sites for hydroxylation is 1. The van der Waals surface area contributed by atoms with Gasteiger partial charge in [-0.05, 0) is 25.5 Å². The number of ether oxygens (including phenoxy) is 2. The Bertz CT molecular complexity index is 292. The lowest BCUT2D eigenvalue weighted by Gasteiger charge is -2.06. The van der Waals surface area contributed by atoms with Crippen LogP contribution in [0.5, 0.6) is 0 Å². The number of nitrogens with one attached hydrogen (secondary N) is 1. The third-order valence-electron chi connectivity index (χ3n) is 2.09. The molecule has 0 bridgehead atoms. The average molecular weight is 224 g/mol. The lowest BCUT2D eigenvalue weighted by molar-refractivity contribution is 0.0705. The summed E-state index contributed by atoms with van der Waals surface area (Å²) in [5.41, 5.74) is 1.03. The van der Waals surface area contributed by atoms with Gasteiger partial charge in [-0.1, -0.05) is 6.07 Å². The predicted molar refractivity (Wildman–Crippen MR) is 64.8 cm³/mol. The molecule has 90 valence electrons. The highest BCUT2D eigenvalue weighted by molar-refractivity contribution is 5.34. The minimum Gasteiger partial charge on any atom is -0.382 e. The summed E-state index contributed by atoms with van der Waals surface area (Å²) in [7, 11) is 1.67. The molecule has 0 aliphatic heterocycles. The van der Waals surface area contributed by atoms with Crippen molar-refractivity contribution in [1.29, 1.82) is 0 Å². The number of hydrogen-bond donors (Lipinski definition) is 1. The number of aromatic nitrogens is 1. The molecule has 0 aliphatic rings. The van der Waals surface area contributed by atoms with Crippen LogP contribution in [0.1, 0.15) is 12.1 Å². The zero-order chi connectivity index (χ0) is 11.6. The molecule has 0 spiro atoms. The van der Waals surface area contributed by atoms with E-state index in [0.29, 0.717) is 13.2 Å². The number of nitrogens with zero attached hydrogens (tertiary/aromatic N) is 1. The molecule has 4 heteroatoms. The van der Waals surface area contributed by atoms with E-state index in [0.717, 1.165) is 31.1 Å². The minimum absolute atomic E-state index is 0.660. The fraction of sp³-hybridized carbons (Fsp3) is 0.583. The molecule has 0 unspecified atom stereocenters. The molecule has 16 heavy (non-hydrogen) atoms. The fourth-order valence-electron chi connectivity index (χ4n) is 1.28. The van der Waals surface area contributed by atoms with E-state index >= 15 is 0 Å². The van der Waals surface area contributed by atoms with Crippen molar-refractivity contribution in [3.63, 3.8) is 0 Å². The summed E-state index contributed by atoms with van der Waals surface area (Å²) in [6, 6.07) is 5.96. The van der Waals surface area contributed by atoms with Crippen LogP contribution in [0, 0.1) is 6.92 Å². The van der Waals surface area contributed by atoms with Crippen LogP contribution in [-0.4, -0.2) is 38.5 Å². The molecule has 1 N–H and O–H groups in total. The van der Waals surface area contributed by atoms with E-state index in [-0.39, 0.29) is 0 Å². The Balaban J connectivity index is 2.03. The molecule has 1 aromatic heterocycles. The molecule has 0 aliphatic carbocycles. The predicted octanol–water partition coefficient (Wildman–Crippen LogP) is 1.86. The highest BCUT2D eigenvalue weighted by Gasteiger charge is 1.93. The van der Waals surface area contributed by atoms with Gasteiger partial charge in [-0.2, -0.15) is 0 Å². The summed E-state index contributed by atoms with van der Waals surface area (Å²) in [5.74, 6) is 0.928. The Kier molecular flexibility index (Phi) is 6.53. The van der Waals surface area contributed by atoms with Crippen LogP contribution in [0.4, 0.5) is 5.82 Å². The second kappa shape index (κ2) is 8.07. The SMILES string of the molecule is COCCOCCCNc1cccc(C)n1. The zero-order valence-electron chi connectivity index (χ0n) is 10.0. The summed E-state index contributed by atoms with van der Waals surface area (Å²) >= 11 is 0. The molecule has 1 heterocycles. The highest BCUT2D eigenvalue weighted by atomic mass is 16.5. The van der Waals surface area contributed by atoms with E-state index in [1.165, 1.54) is 0 Å². The van der Waals surface area contributed by atoms with Crippen molar-refractivity contribution in [2.75, 3.05) is 38.8 Å². The third kappa shape index (κ3) is 5.68. The Morgan fingerprint density at radius 3 is 2.88 bits per heavy atom. The van der Waals surface area contributed by atoms with Crippen LogP contribution in [0.3, 0.4) is 0 Å². The quantitative estimate of drug-likeness (QED) is 0.684. The number of rotatable bonds is 8. The standard InChI is InChI=1S/C12H20N2O2/c1-11-5-3-6-12(14-11)13-7-4-8-16-10-9-15-2/h3,5-6H,4,7-10H2,1-2H3,(H,13,14). The topological polar surface area (TPSA) is 43.4 Å². The zero-order valence-corrected chi connectivity index (χ0v) is 10.0. The molecule has 0 fully saturated rings. The lowest BCUT2D eigenvalue weighted by atomic mass is 10.3. The van der Waals surface area contributed by atoms with Crippen LogP contribution in [0.2, 0.25) is 0 Å². The summed E-state index contributed by atoms with van der Waals surface area (Å²) in [5, 5.41) is 3.25. The fourth-order valence-corrected chi connectivity index (χ4v) is 1.28. The van der Waals surface area contributed by atoms with Crippen LogP contribution < -0.4 is 5.32 Å². The monoisotopic (exact) mass is 224 g/mol. The van der Waals surface area contributed by atoms with Crippen LogP contribution in [0.25, 0.3) is 0 Å². The molecule has 0 atom stereocenters. The molecule has 0 saturated carbocycles. The van der Waals surface area contributed by atoms with Gasteiger partial charge in [0, 0.05) is 26.0 Å². The van der Waals surface area contributed by atoms with Crippen molar-refractivity contribution in [2.45, 2.75) is 13.3 Å². The molecule has 1 rings (SSSR count). The van der Waals surface area contributed by atoms with Crippen molar-refractivity contribution in [3.8, 4) is 0 Å². The molecule has 1 aromatic rings. The van der Waals surface area contributed by atoms with Crippen molar-refractivity contribution in [2.24, 2.45) is 0 Å². The van der Waals surface area contributed by atoms with Gasteiger partial charge in [-0.25, -0.2) is 4.98 Å². The second-order valence-corrected chi connectivity index (χ2v) is 3.55. The first-order valence-corrected chi connectivity index (χ1v) is 5.57. The van der Waals surface area contributed by atoms with E-state index in [4.69, 9.17) is 9.47 Å². The third-order valence-corrected chi connectivity index (χ3v) is 2.09. The number of pyridine rings is 1. The van der Waals surface area contributed by atoms with Gasteiger partial charge in [0.05, 0.1) is 13.2 Å². The number of hydrogen-bond acceptors (Lipinski definition) is 4. The summed E-state index contributed by atoms with van der Waals surface area (Å²) in [4.78, 5) is 4.35. The first-order valence-electron chi connectivity index (χ1n) is 5.57. The van der Waals surface area contributed by atoms with Gasteiger partial charge in [-0.3, -0.25) is 0 Å². The normalized spacial score (nSPS) is 10.4.